The summed E-state index contributed by atoms with van der Waals surface area (Å²) in [5.74, 6) is -0.314. The first-order valence-electron chi connectivity index (χ1n) is 15.6. The molecule has 0 saturated heterocycles. The van der Waals surface area contributed by atoms with Crippen molar-refractivity contribution in [1.82, 2.24) is 0 Å². The van der Waals surface area contributed by atoms with Gasteiger partial charge in [0.2, 0.25) is 0 Å². The Morgan fingerprint density at radius 1 is 0.419 bits per heavy atom. The van der Waals surface area contributed by atoms with Crippen LogP contribution in [0.25, 0.3) is 0 Å². The molecule has 0 unspecified atom stereocenters. The van der Waals surface area contributed by atoms with Gasteiger partial charge in [0, 0.05) is 0 Å². The van der Waals surface area contributed by atoms with Crippen LogP contribution in [0.15, 0.2) is 0 Å². The van der Waals surface area contributed by atoms with Gasteiger partial charge in [-0.15, -0.1) is 0 Å². The SMILES string of the molecule is CC(C)(C)[Si](C)(C)OCCOCCOCCOCCOCCOCCOCCOCCOCC(=O)O[Si](C)(C)C(C)(C)C. The number of hydrogen-bond acceptors (Lipinski definition) is 11. The summed E-state index contributed by atoms with van der Waals surface area (Å²) in [5, 5.41) is 0.197. The zero-order valence-electron chi connectivity index (χ0n) is 29.0. The first-order chi connectivity index (χ1) is 20.1. The predicted octanol–water partition coefficient (Wildman–Crippen LogP) is 4.69. The van der Waals surface area contributed by atoms with Crippen molar-refractivity contribution in [2.24, 2.45) is 0 Å². The third-order valence-electron chi connectivity index (χ3n) is 7.50. The Bertz CT molecular complexity index is 680. The van der Waals surface area contributed by atoms with Crippen LogP contribution >= 0.6 is 0 Å². The summed E-state index contributed by atoms with van der Waals surface area (Å²) in [4.78, 5) is 12.0. The summed E-state index contributed by atoms with van der Waals surface area (Å²) in [7, 11) is -3.80. The van der Waals surface area contributed by atoms with Crippen molar-refractivity contribution < 1.29 is 51.5 Å². The van der Waals surface area contributed by atoms with Crippen LogP contribution in [0.5, 0.6) is 0 Å². The average Bonchev–Trinajstić information content (AvgIpc) is 2.89. The number of rotatable bonds is 28. The van der Waals surface area contributed by atoms with Crippen molar-refractivity contribution in [2.75, 3.05) is 112 Å². The van der Waals surface area contributed by atoms with E-state index >= 15 is 0 Å². The molecule has 0 aromatic heterocycles. The van der Waals surface area contributed by atoms with Crippen LogP contribution in [0.2, 0.25) is 36.3 Å². The van der Waals surface area contributed by atoms with Gasteiger partial charge in [-0.3, -0.25) is 4.79 Å². The summed E-state index contributed by atoms with van der Waals surface area (Å²) in [6.45, 7) is 29.5. The second kappa shape index (κ2) is 23.8. The minimum Gasteiger partial charge on any atom is -0.517 e. The van der Waals surface area contributed by atoms with Crippen molar-refractivity contribution in [3.05, 3.63) is 0 Å². The summed E-state index contributed by atoms with van der Waals surface area (Å²) in [6.07, 6.45) is 0. The molecule has 0 rings (SSSR count). The van der Waals surface area contributed by atoms with Gasteiger partial charge in [0.15, 0.2) is 8.32 Å². The molecule has 0 bridgehead atoms. The molecule has 0 aliphatic heterocycles. The largest absolute Gasteiger partial charge is 0.517 e. The minimum absolute atomic E-state index is 0.0186. The molecule has 0 atom stereocenters. The van der Waals surface area contributed by atoms with Crippen LogP contribution in [-0.4, -0.2) is 135 Å². The second-order valence-electron chi connectivity index (χ2n) is 13.2. The van der Waals surface area contributed by atoms with E-state index in [2.05, 4.69) is 54.6 Å². The Hall–Kier alpha value is -0.456. The fourth-order valence-electron chi connectivity index (χ4n) is 2.73. The van der Waals surface area contributed by atoms with E-state index in [4.69, 9.17) is 46.7 Å². The molecule has 0 radical (unpaired) electrons. The molecule has 0 aliphatic carbocycles. The fraction of sp³-hybridized carbons (Fsp3) is 0.967. The van der Waals surface area contributed by atoms with E-state index in [1.54, 1.807) is 0 Å². The molecular weight excluding hydrogens is 592 g/mol. The van der Waals surface area contributed by atoms with Gasteiger partial charge < -0.3 is 46.7 Å². The second-order valence-corrected chi connectivity index (χ2v) is 22.7. The molecule has 0 aliphatic rings. The quantitative estimate of drug-likeness (QED) is 0.0865. The first kappa shape index (κ1) is 42.5. The smallest absolute Gasteiger partial charge is 0.318 e. The topological polar surface area (TPSA) is 109 Å². The van der Waals surface area contributed by atoms with Crippen LogP contribution in [0.3, 0.4) is 0 Å². The van der Waals surface area contributed by atoms with Crippen molar-refractivity contribution in [1.29, 1.82) is 0 Å². The van der Waals surface area contributed by atoms with E-state index < -0.39 is 16.6 Å². The van der Waals surface area contributed by atoms with Gasteiger partial charge in [-0.25, -0.2) is 0 Å². The predicted molar refractivity (Wildman–Crippen MR) is 173 cm³/mol. The summed E-state index contributed by atoms with van der Waals surface area (Å²) < 4.78 is 55.5. The van der Waals surface area contributed by atoms with Crippen LogP contribution < -0.4 is 0 Å². The molecule has 43 heavy (non-hydrogen) atoms. The van der Waals surface area contributed by atoms with E-state index in [9.17, 15) is 4.79 Å². The highest BCUT2D eigenvalue weighted by Crippen LogP contribution is 2.37. The summed E-state index contributed by atoms with van der Waals surface area (Å²) in [6, 6.07) is 0. The van der Waals surface area contributed by atoms with Crippen LogP contribution in [0.1, 0.15) is 41.5 Å². The van der Waals surface area contributed by atoms with E-state index in [1.165, 1.54) is 0 Å². The third kappa shape index (κ3) is 23.5. The molecule has 0 amide bonds. The van der Waals surface area contributed by atoms with Gasteiger partial charge in [0.1, 0.15) is 6.61 Å². The van der Waals surface area contributed by atoms with Crippen molar-refractivity contribution >= 4 is 22.6 Å². The Labute approximate surface area is 264 Å². The zero-order chi connectivity index (χ0) is 32.7. The van der Waals surface area contributed by atoms with E-state index in [0.717, 1.165) is 0 Å². The Morgan fingerprint density at radius 2 is 0.674 bits per heavy atom. The Balaban J connectivity index is 3.29. The number of carbonyl (C=O) groups is 1. The highest BCUT2D eigenvalue weighted by Gasteiger charge is 2.40. The van der Waals surface area contributed by atoms with Crippen molar-refractivity contribution in [3.8, 4) is 0 Å². The number of carbonyl (C=O) groups excluding carboxylic acids is 1. The lowest BCUT2D eigenvalue weighted by Gasteiger charge is -2.36. The van der Waals surface area contributed by atoms with Gasteiger partial charge in [-0.1, -0.05) is 41.5 Å². The molecule has 0 aromatic carbocycles. The highest BCUT2D eigenvalue weighted by molar-refractivity contribution is 6.75. The van der Waals surface area contributed by atoms with Crippen molar-refractivity contribution in [3.63, 3.8) is 0 Å². The normalized spacial score (nSPS) is 13.1. The molecule has 0 fully saturated rings. The van der Waals surface area contributed by atoms with Crippen LogP contribution in [-0.2, 0) is 51.5 Å². The van der Waals surface area contributed by atoms with E-state index in [-0.39, 0.29) is 22.7 Å². The average molecular weight is 657 g/mol. The monoisotopic (exact) mass is 656 g/mol. The van der Waals surface area contributed by atoms with Gasteiger partial charge >= 0.3 is 5.97 Å². The molecule has 0 N–H and O–H groups in total. The third-order valence-corrected chi connectivity index (χ3v) is 16.4. The van der Waals surface area contributed by atoms with Crippen molar-refractivity contribution in [2.45, 2.75) is 77.8 Å². The zero-order valence-corrected chi connectivity index (χ0v) is 31.0. The van der Waals surface area contributed by atoms with Gasteiger partial charge in [0.25, 0.3) is 8.32 Å². The van der Waals surface area contributed by atoms with E-state index in [0.29, 0.717) is 106 Å². The summed E-state index contributed by atoms with van der Waals surface area (Å²) >= 11 is 0. The molecule has 11 nitrogen and oxygen atoms in total. The fourth-order valence-corrected chi connectivity index (χ4v) is 4.70. The number of ether oxygens (including phenoxy) is 8. The van der Waals surface area contributed by atoms with Gasteiger partial charge in [0.05, 0.1) is 106 Å². The maximum Gasteiger partial charge on any atom is 0.318 e. The summed E-state index contributed by atoms with van der Waals surface area (Å²) in [5.41, 5.74) is 0. The maximum atomic E-state index is 12.0. The maximum absolute atomic E-state index is 12.0. The Kier molecular flexibility index (Phi) is 23.6. The molecule has 0 spiro atoms. The molecule has 13 heteroatoms. The van der Waals surface area contributed by atoms with E-state index in [1.807, 2.05) is 13.1 Å². The first-order valence-corrected chi connectivity index (χ1v) is 21.4. The molecule has 0 aromatic rings. The minimum atomic E-state index is -2.10. The molecule has 0 saturated carbocycles. The lowest BCUT2D eigenvalue weighted by atomic mass is 10.2. The van der Waals surface area contributed by atoms with Gasteiger partial charge in [-0.05, 0) is 36.3 Å². The van der Waals surface area contributed by atoms with Gasteiger partial charge in [-0.2, -0.15) is 0 Å². The lowest BCUT2D eigenvalue weighted by molar-refractivity contribution is -0.141. The number of hydrogen-bond donors (Lipinski definition) is 0. The highest BCUT2D eigenvalue weighted by atomic mass is 28.4. The van der Waals surface area contributed by atoms with Crippen LogP contribution in [0, 0.1) is 0 Å². The molecular formula is C30H64O11Si2. The van der Waals surface area contributed by atoms with Crippen LogP contribution in [0.4, 0.5) is 0 Å². The molecule has 0 heterocycles. The lowest BCUT2D eigenvalue weighted by Crippen LogP contribution is -2.43. The molecule has 258 valence electrons. The standard InChI is InChI=1S/C30H64O11Si2/c1-29(2,3)42(7,8)40-26-25-38-22-21-36-18-17-34-14-13-32-11-12-33-15-16-35-19-20-37-23-24-39-27-28(31)41-43(9,10)30(4,5)6/h11-27H2,1-10H3. The Morgan fingerprint density at radius 3 is 0.953 bits per heavy atom.